The summed E-state index contributed by atoms with van der Waals surface area (Å²) in [7, 11) is 0. The van der Waals surface area contributed by atoms with Crippen LogP contribution in [0.15, 0.2) is 18.2 Å². The van der Waals surface area contributed by atoms with Crippen molar-refractivity contribution in [3.63, 3.8) is 0 Å². The van der Waals surface area contributed by atoms with Crippen LogP contribution in [0.4, 0.5) is 0 Å². The molecule has 1 N–H and O–H groups in total. The molecule has 3 aliphatic rings. The van der Waals surface area contributed by atoms with Crippen LogP contribution in [0, 0.1) is 5.92 Å². The minimum atomic E-state index is 0. The van der Waals surface area contributed by atoms with Crippen LogP contribution in [0.1, 0.15) is 30.9 Å². The van der Waals surface area contributed by atoms with Crippen LogP contribution in [-0.4, -0.2) is 37.9 Å². The van der Waals surface area contributed by atoms with Crippen molar-refractivity contribution in [3.05, 3.63) is 23.8 Å². The number of hydrogen-bond donors (Lipinski definition) is 1. The molecule has 6 heteroatoms. The molecule has 1 aromatic carbocycles. The van der Waals surface area contributed by atoms with Gasteiger partial charge in [-0.1, -0.05) is 18.9 Å². The lowest BCUT2D eigenvalue weighted by molar-refractivity contribution is 0.160. The molecule has 2 fully saturated rings. The van der Waals surface area contributed by atoms with Gasteiger partial charge < -0.3 is 14.8 Å². The van der Waals surface area contributed by atoms with Crippen LogP contribution in [0.25, 0.3) is 0 Å². The fourth-order valence-electron chi connectivity index (χ4n) is 3.28. The van der Waals surface area contributed by atoms with E-state index in [1.54, 1.807) is 0 Å². The zero-order valence-corrected chi connectivity index (χ0v) is 14.3. The fourth-order valence-corrected chi connectivity index (χ4v) is 3.28. The molecule has 4 nitrogen and oxygen atoms in total. The summed E-state index contributed by atoms with van der Waals surface area (Å²) in [6, 6.07) is 7.03. The van der Waals surface area contributed by atoms with E-state index >= 15 is 0 Å². The van der Waals surface area contributed by atoms with Gasteiger partial charge in [0.15, 0.2) is 11.5 Å². The normalized spacial score (nSPS) is 21.6. The SMILES string of the molecule is Cl.Cl.c1cc2c(cc1[C@H](CC1CC1)N1CCNCC1)OCO2. The Bertz CT molecular complexity index is 491. The molecule has 1 saturated carbocycles. The van der Waals surface area contributed by atoms with E-state index in [9.17, 15) is 0 Å². The van der Waals surface area contributed by atoms with E-state index in [0.29, 0.717) is 12.8 Å². The summed E-state index contributed by atoms with van der Waals surface area (Å²) in [5, 5.41) is 3.45. The zero-order valence-electron chi connectivity index (χ0n) is 12.6. The molecule has 124 valence electrons. The average molecular weight is 347 g/mol. The highest BCUT2D eigenvalue weighted by atomic mass is 35.5. The molecule has 0 aromatic heterocycles. The Kier molecular flexibility index (Phi) is 6.21. The number of rotatable bonds is 4. The first-order valence-corrected chi connectivity index (χ1v) is 7.74. The second kappa shape index (κ2) is 7.73. The van der Waals surface area contributed by atoms with Crippen LogP contribution in [0.3, 0.4) is 0 Å². The maximum atomic E-state index is 5.54. The molecule has 2 aliphatic heterocycles. The Labute approximate surface area is 144 Å². The molecule has 1 aromatic rings. The summed E-state index contributed by atoms with van der Waals surface area (Å²) in [5.41, 5.74) is 1.39. The second-order valence-electron chi connectivity index (χ2n) is 6.09. The monoisotopic (exact) mass is 346 g/mol. The number of halogens is 2. The molecule has 0 bridgehead atoms. The van der Waals surface area contributed by atoms with Gasteiger partial charge in [0.2, 0.25) is 6.79 Å². The van der Waals surface area contributed by atoms with Crippen LogP contribution in [-0.2, 0) is 0 Å². The van der Waals surface area contributed by atoms with Crippen molar-refractivity contribution in [1.82, 2.24) is 10.2 Å². The first kappa shape index (κ1) is 17.7. The van der Waals surface area contributed by atoms with E-state index in [2.05, 4.69) is 28.4 Å². The van der Waals surface area contributed by atoms with Crippen LogP contribution in [0.5, 0.6) is 11.5 Å². The van der Waals surface area contributed by atoms with Gasteiger partial charge in [0, 0.05) is 32.2 Å². The molecule has 0 unspecified atom stereocenters. The van der Waals surface area contributed by atoms with Crippen molar-refractivity contribution in [3.8, 4) is 11.5 Å². The molecule has 1 aliphatic carbocycles. The van der Waals surface area contributed by atoms with Crippen LogP contribution in [0.2, 0.25) is 0 Å². The summed E-state index contributed by atoms with van der Waals surface area (Å²) in [6.45, 7) is 4.86. The molecule has 0 amide bonds. The lowest BCUT2D eigenvalue weighted by Crippen LogP contribution is -2.45. The van der Waals surface area contributed by atoms with Crippen molar-refractivity contribution in [1.29, 1.82) is 0 Å². The predicted molar refractivity (Wildman–Crippen MR) is 91.6 cm³/mol. The zero-order chi connectivity index (χ0) is 13.4. The third-order valence-electron chi connectivity index (χ3n) is 4.63. The Morgan fingerprint density at radius 2 is 1.82 bits per heavy atom. The van der Waals surface area contributed by atoms with E-state index < -0.39 is 0 Å². The minimum absolute atomic E-state index is 0. The first-order valence-electron chi connectivity index (χ1n) is 7.74. The minimum Gasteiger partial charge on any atom is -0.454 e. The van der Waals surface area contributed by atoms with E-state index in [4.69, 9.17) is 9.47 Å². The third-order valence-corrected chi connectivity index (χ3v) is 4.63. The lowest BCUT2D eigenvalue weighted by atomic mass is 9.98. The molecule has 1 saturated heterocycles. The number of fused-ring (bicyclic) bond motifs is 1. The summed E-state index contributed by atoms with van der Waals surface area (Å²) in [5.74, 6) is 2.73. The number of nitrogens with zero attached hydrogens (tertiary/aromatic N) is 1. The predicted octanol–water partition coefficient (Wildman–Crippen LogP) is 3.01. The van der Waals surface area contributed by atoms with Crippen LogP contribution < -0.4 is 14.8 Å². The highest BCUT2D eigenvalue weighted by Crippen LogP contribution is 2.42. The molecule has 4 rings (SSSR count). The third kappa shape index (κ3) is 3.80. The lowest BCUT2D eigenvalue weighted by Gasteiger charge is -2.35. The fraction of sp³-hybridized carbons (Fsp3) is 0.625. The van der Waals surface area contributed by atoms with E-state index in [0.717, 1.165) is 43.6 Å². The highest BCUT2D eigenvalue weighted by molar-refractivity contribution is 5.85. The number of piperazine rings is 1. The van der Waals surface area contributed by atoms with Gasteiger partial charge in [-0.15, -0.1) is 24.8 Å². The van der Waals surface area contributed by atoms with E-state index in [-0.39, 0.29) is 24.8 Å². The molecule has 2 heterocycles. The summed E-state index contributed by atoms with van der Waals surface area (Å²) in [4.78, 5) is 2.63. The first-order chi connectivity index (χ1) is 9.90. The molecule has 1 atom stereocenters. The molecular weight excluding hydrogens is 323 g/mol. The standard InChI is InChI=1S/C16H22N2O2.2ClH/c1-2-12(1)9-14(18-7-5-17-6-8-18)13-3-4-15-16(10-13)20-11-19-15;;/h3-4,10,12,14,17H,1-2,5-9,11H2;2*1H/t14-;;/m0../s1. The van der Waals surface area contributed by atoms with Gasteiger partial charge in [-0.2, -0.15) is 0 Å². The Morgan fingerprint density at radius 3 is 2.55 bits per heavy atom. The topological polar surface area (TPSA) is 33.7 Å². The molecule has 22 heavy (non-hydrogen) atoms. The molecular formula is C16H24Cl2N2O2. The number of ether oxygens (including phenoxy) is 2. The van der Waals surface area contributed by atoms with Gasteiger partial charge in [-0.05, 0) is 30.0 Å². The largest absolute Gasteiger partial charge is 0.454 e. The highest BCUT2D eigenvalue weighted by Gasteiger charge is 2.31. The number of hydrogen-bond acceptors (Lipinski definition) is 4. The summed E-state index contributed by atoms with van der Waals surface area (Å²) >= 11 is 0. The van der Waals surface area contributed by atoms with Crippen molar-refractivity contribution in [2.45, 2.75) is 25.3 Å². The average Bonchev–Trinajstić information content (AvgIpc) is 3.20. The quantitative estimate of drug-likeness (QED) is 0.908. The van der Waals surface area contributed by atoms with E-state index in [1.165, 1.54) is 24.8 Å². The van der Waals surface area contributed by atoms with Gasteiger partial charge in [0.25, 0.3) is 0 Å². The molecule has 0 radical (unpaired) electrons. The van der Waals surface area contributed by atoms with Crippen molar-refractivity contribution < 1.29 is 9.47 Å². The van der Waals surface area contributed by atoms with Crippen molar-refractivity contribution >= 4 is 24.8 Å². The van der Waals surface area contributed by atoms with Gasteiger partial charge in [-0.25, -0.2) is 0 Å². The van der Waals surface area contributed by atoms with Gasteiger partial charge in [0.05, 0.1) is 0 Å². The smallest absolute Gasteiger partial charge is 0.231 e. The summed E-state index contributed by atoms with van der Waals surface area (Å²) in [6.07, 6.45) is 4.11. The summed E-state index contributed by atoms with van der Waals surface area (Å²) < 4.78 is 11.0. The number of nitrogens with one attached hydrogen (secondary N) is 1. The Morgan fingerprint density at radius 1 is 1.09 bits per heavy atom. The van der Waals surface area contributed by atoms with Gasteiger partial charge >= 0.3 is 0 Å². The van der Waals surface area contributed by atoms with E-state index in [1.807, 2.05) is 0 Å². The van der Waals surface area contributed by atoms with Gasteiger partial charge in [-0.3, -0.25) is 4.90 Å². The van der Waals surface area contributed by atoms with Gasteiger partial charge in [0.1, 0.15) is 0 Å². The second-order valence-corrected chi connectivity index (χ2v) is 6.09. The molecule has 0 spiro atoms. The van der Waals surface area contributed by atoms with Crippen molar-refractivity contribution in [2.24, 2.45) is 5.92 Å². The maximum absolute atomic E-state index is 5.54. The number of benzene rings is 1. The van der Waals surface area contributed by atoms with Crippen molar-refractivity contribution in [2.75, 3.05) is 33.0 Å². The maximum Gasteiger partial charge on any atom is 0.231 e. The Hall–Kier alpha value is -0.680. The van der Waals surface area contributed by atoms with Crippen LogP contribution >= 0.6 is 24.8 Å². The Balaban J connectivity index is 0.000000882.